The van der Waals surface area contributed by atoms with Crippen LogP contribution in [0.3, 0.4) is 0 Å². The number of ether oxygens (including phenoxy) is 1. The van der Waals surface area contributed by atoms with Crippen molar-refractivity contribution in [3.8, 4) is 11.5 Å². The van der Waals surface area contributed by atoms with Crippen molar-refractivity contribution in [1.29, 1.82) is 0 Å². The van der Waals surface area contributed by atoms with Crippen LogP contribution < -0.4 is 4.74 Å². The van der Waals surface area contributed by atoms with Gasteiger partial charge in [-0.1, -0.05) is 0 Å². The molecule has 1 aliphatic rings. The minimum Gasteiger partial charge on any atom is -0.504 e. The number of nitrogens with zero attached hydrogens (tertiary/aromatic N) is 2. The van der Waals surface area contributed by atoms with Crippen LogP contribution >= 0.6 is 0 Å². The van der Waals surface area contributed by atoms with Gasteiger partial charge in [0.25, 0.3) is 5.91 Å². The zero-order valence-electron chi connectivity index (χ0n) is 12.3. The summed E-state index contributed by atoms with van der Waals surface area (Å²) in [6, 6.07) is 4.96. The Balaban J connectivity index is 2.19. The first-order valence-corrected chi connectivity index (χ1v) is 6.89. The third-order valence-electron chi connectivity index (χ3n) is 3.73. The molecule has 0 spiro atoms. The summed E-state index contributed by atoms with van der Waals surface area (Å²) in [6.07, 6.45) is 0.967. The van der Waals surface area contributed by atoms with Crippen LogP contribution in [0, 0.1) is 0 Å². The Morgan fingerprint density at radius 2 is 2.15 bits per heavy atom. The van der Waals surface area contributed by atoms with Crippen molar-refractivity contribution in [1.82, 2.24) is 9.80 Å². The molecule has 0 aliphatic carbocycles. The first-order valence-electron chi connectivity index (χ1n) is 6.89. The van der Waals surface area contributed by atoms with E-state index in [9.17, 15) is 9.90 Å². The molecule has 5 heteroatoms. The third-order valence-corrected chi connectivity index (χ3v) is 3.73. The van der Waals surface area contributed by atoms with Crippen molar-refractivity contribution >= 4 is 5.91 Å². The summed E-state index contributed by atoms with van der Waals surface area (Å²) in [5.41, 5.74) is 0.500. The van der Waals surface area contributed by atoms with Crippen LogP contribution in [0.25, 0.3) is 0 Å². The number of benzene rings is 1. The SMILES string of the molecule is COc1ccc(C(=O)N2CCCN(C)CC2C)cc1O. The van der Waals surface area contributed by atoms with E-state index in [-0.39, 0.29) is 17.7 Å². The molecule has 1 saturated heterocycles. The number of likely N-dealkylation sites (N-methyl/N-ethyl adjacent to an activating group) is 1. The van der Waals surface area contributed by atoms with Gasteiger partial charge in [0.1, 0.15) is 0 Å². The molecule has 1 aromatic rings. The van der Waals surface area contributed by atoms with Crippen molar-refractivity contribution in [2.45, 2.75) is 19.4 Å². The number of carbonyl (C=O) groups is 1. The summed E-state index contributed by atoms with van der Waals surface area (Å²) in [4.78, 5) is 16.7. The van der Waals surface area contributed by atoms with E-state index < -0.39 is 0 Å². The van der Waals surface area contributed by atoms with Crippen LogP contribution in [-0.2, 0) is 0 Å². The Morgan fingerprint density at radius 3 is 2.80 bits per heavy atom. The Labute approximate surface area is 119 Å². The van der Waals surface area contributed by atoms with Crippen LogP contribution in [0.5, 0.6) is 11.5 Å². The average molecular weight is 278 g/mol. The molecule has 0 bridgehead atoms. The Hall–Kier alpha value is -1.75. The lowest BCUT2D eigenvalue weighted by molar-refractivity contribution is 0.0696. The first-order chi connectivity index (χ1) is 9.52. The van der Waals surface area contributed by atoms with E-state index in [0.29, 0.717) is 11.3 Å². The molecular weight excluding hydrogens is 256 g/mol. The molecule has 1 N–H and O–H groups in total. The largest absolute Gasteiger partial charge is 0.504 e. The number of hydrogen-bond acceptors (Lipinski definition) is 4. The fourth-order valence-corrected chi connectivity index (χ4v) is 2.66. The highest BCUT2D eigenvalue weighted by Gasteiger charge is 2.25. The lowest BCUT2D eigenvalue weighted by Crippen LogP contribution is -2.41. The minimum absolute atomic E-state index is 0.00190. The predicted molar refractivity (Wildman–Crippen MR) is 77.3 cm³/mol. The summed E-state index contributed by atoms with van der Waals surface area (Å²) in [7, 11) is 3.56. The summed E-state index contributed by atoms with van der Waals surface area (Å²) in [5, 5.41) is 9.80. The number of aromatic hydroxyl groups is 1. The predicted octanol–water partition coefficient (Wildman–Crippen LogP) is 1.57. The molecular formula is C15H22N2O3. The molecule has 2 rings (SSSR count). The average Bonchev–Trinajstić information content (AvgIpc) is 2.58. The second kappa shape index (κ2) is 6.13. The highest BCUT2D eigenvalue weighted by atomic mass is 16.5. The smallest absolute Gasteiger partial charge is 0.254 e. The van der Waals surface area contributed by atoms with Gasteiger partial charge in [0, 0.05) is 24.7 Å². The lowest BCUT2D eigenvalue weighted by Gasteiger charge is -2.28. The van der Waals surface area contributed by atoms with Crippen LogP contribution in [0.2, 0.25) is 0 Å². The zero-order valence-corrected chi connectivity index (χ0v) is 12.3. The van der Waals surface area contributed by atoms with Crippen molar-refractivity contribution in [2.24, 2.45) is 0 Å². The number of carbonyl (C=O) groups excluding carboxylic acids is 1. The molecule has 0 radical (unpaired) electrons. The van der Waals surface area contributed by atoms with E-state index in [2.05, 4.69) is 18.9 Å². The Bertz CT molecular complexity index is 490. The van der Waals surface area contributed by atoms with E-state index in [0.717, 1.165) is 26.1 Å². The number of methoxy groups -OCH3 is 1. The Kier molecular flexibility index (Phi) is 4.49. The van der Waals surface area contributed by atoms with Crippen LogP contribution in [0.1, 0.15) is 23.7 Å². The second-order valence-corrected chi connectivity index (χ2v) is 5.35. The van der Waals surface area contributed by atoms with Crippen molar-refractivity contribution in [2.75, 3.05) is 33.8 Å². The van der Waals surface area contributed by atoms with Gasteiger partial charge in [0.15, 0.2) is 11.5 Å². The molecule has 110 valence electrons. The normalized spacial score (nSPS) is 20.6. The summed E-state index contributed by atoms with van der Waals surface area (Å²) in [6.45, 7) is 4.68. The molecule has 1 heterocycles. The van der Waals surface area contributed by atoms with E-state index in [4.69, 9.17) is 4.74 Å². The van der Waals surface area contributed by atoms with E-state index in [1.54, 1.807) is 12.1 Å². The number of amides is 1. The molecule has 1 amide bonds. The minimum atomic E-state index is -0.0363. The monoisotopic (exact) mass is 278 g/mol. The molecule has 5 nitrogen and oxygen atoms in total. The number of phenols is 1. The topological polar surface area (TPSA) is 53.0 Å². The molecule has 1 fully saturated rings. The lowest BCUT2D eigenvalue weighted by atomic mass is 10.1. The molecule has 20 heavy (non-hydrogen) atoms. The van der Waals surface area contributed by atoms with E-state index in [1.165, 1.54) is 13.2 Å². The van der Waals surface area contributed by atoms with Gasteiger partial charge in [0.05, 0.1) is 7.11 Å². The van der Waals surface area contributed by atoms with Crippen molar-refractivity contribution in [3.63, 3.8) is 0 Å². The van der Waals surface area contributed by atoms with E-state index >= 15 is 0 Å². The van der Waals surface area contributed by atoms with Gasteiger partial charge in [-0.15, -0.1) is 0 Å². The van der Waals surface area contributed by atoms with Gasteiger partial charge in [0.2, 0.25) is 0 Å². The Morgan fingerprint density at radius 1 is 1.40 bits per heavy atom. The maximum atomic E-state index is 12.6. The van der Waals surface area contributed by atoms with Gasteiger partial charge in [-0.2, -0.15) is 0 Å². The summed E-state index contributed by atoms with van der Waals surface area (Å²) < 4.78 is 5.00. The van der Waals surface area contributed by atoms with Crippen LogP contribution in [0.4, 0.5) is 0 Å². The number of hydrogen-bond donors (Lipinski definition) is 1. The van der Waals surface area contributed by atoms with Crippen molar-refractivity contribution < 1.29 is 14.6 Å². The first kappa shape index (κ1) is 14.7. The number of rotatable bonds is 2. The second-order valence-electron chi connectivity index (χ2n) is 5.35. The zero-order chi connectivity index (χ0) is 14.7. The highest BCUT2D eigenvalue weighted by molar-refractivity contribution is 5.95. The molecule has 1 aliphatic heterocycles. The number of phenolic OH excluding ortho intramolecular Hbond substituents is 1. The van der Waals surface area contributed by atoms with E-state index in [1.807, 2.05) is 4.90 Å². The fourth-order valence-electron chi connectivity index (χ4n) is 2.66. The maximum absolute atomic E-state index is 12.6. The summed E-state index contributed by atoms with van der Waals surface area (Å²) in [5.74, 6) is 0.342. The maximum Gasteiger partial charge on any atom is 0.254 e. The van der Waals surface area contributed by atoms with Crippen LogP contribution in [0.15, 0.2) is 18.2 Å². The molecule has 0 saturated carbocycles. The van der Waals surface area contributed by atoms with Gasteiger partial charge in [-0.3, -0.25) is 4.79 Å². The third kappa shape index (κ3) is 3.04. The van der Waals surface area contributed by atoms with Gasteiger partial charge in [-0.25, -0.2) is 0 Å². The fraction of sp³-hybridized carbons (Fsp3) is 0.533. The molecule has 0 aromatic heterocycles. The molecule has 1 aromatic carbocycles. The van der Waals surface area contributed by atoms with Crippen molar-refractivity contribution in [3.05, 3.63) is 23.8 Å². The van der Waals surface area contributed by atoms with Crippen LogP contribution in [-0.4, -0.2) is 60.6 Å². The quantitative estimate of drug-likeness (QED) is 0.892. The molecule has 1 unspecified atom stereocenters. The highest BCUT2D eigenvalue weighted by Crippen LogP contribution is 2.27. The summed E-state index contributed by atoms with van der Waals surface area (Å²) >= 11 is 0. The standard InChI is InChI=1S/C15H22N2O3/c1-11-10-16(2)7-4-8-17(11)15(19)12-5-6-14(20-3)13(18)9-12/h5-6,9,11,18H,4,7-8,10H2,1-3H3. The van der Waals surface area contributed by atoms with Gasteiger partial charge >= 0.3 is 0 Å². The van der Waals surface area contributed by atoms with Gasteiger partial charge in [-0.05, 0) is 45.1 Å². The van der Waals surface area contributed by atoms with Gasteiger partial charge < -0.3 is 19.6 Å². The molecule has 1 atom stereocenters.